The predicted molar refractivity (Wildman–Crippen MR) is 296 cm³/mol. The molecule has 0 amide bonds. The summed E-state index contributed by atoms with van der Waals surface area (Å²) in [7, 11) is 0. The average Bonchev–Trinajstić information content (AvgIpc) is 3.95. The molecule has 0 radical (unpaired) electrons. The topological polar surface area (TPSA) is 8.17 Å². The Balaban J connectivity index is 0.868. The van der Waals surface area contributed by atoms with Crippen LogP contribution in [0.15, 0.2) is 231 Å². The molecule has 2 heteroatoms. The van der Waals surface area contributed by atoms with E-state index in [4.69, 9.17) is 0 Å². The third-order valence-corrected chi connectivity index (χ3v) is 16.0. The average molecular weight is 895 g/mol. The Hall–Kier alpha value is -8.46. The predicted octanol–water partition coefficient (Wildman–Crippen LogP) is 18.5. The Labute approximate surface area is 409 Å². The van der Waals surface area contributed by atoms with Crippen LogP contribution in [-0.4, -0.2) is 4.57 Å². The summed E-state index contributed by atoms with van der Waals surface area (Å²) in [6.45, 7) is 9.57. The van der Waals surface area contributed by atoms with Gasteiger partial charge < -0.3 is 9.47 Å². The second kappa shape index (κ2) is 15.0. The highest BCUT2D eigenvalue weighted by molar-refractivity contribution is 6.21. The van der Waals surface area contributed by atoms with Crippen molar-refractivity contribution in [3.05, 3.63) is 253 Å². The summed E-state index contributed by atoms with van der Waals surface area (Å²) in [4.78, 5) is 2.40. The standard InChI is InChI=1S/C68H50N2/c1-67(2)59-27-15-12-20-49(59)50-37-30-43(40-60(50)67)65-55-23-8-10-25-57(55)66(58-26-11-9-24-56(58)65)44-31-38-51-52-39-36-48(42-62(52)68(3,4)61(51)41-44)69(45-18-6-5-7-19-45)46-32-34-47(35-33-46)70-63-28-16-13-21-53(63)54-22-14-17-29-64(54)70/h5-42H,1-4H3. The number of hydrogen-bond donors (Lipinski definition) is 0. The first-order chi connectivity index (χ1) is 34.3. The van der Waals surface area contributed by atoms with Gasteiger partial charge in [-0.2, -0.15) is 0 Å². The number of para-hydroxylation sites is 3. The van der Waals surface area contributed by atoms with Crippen molar-refractivity contribution in [1.29, 1.82) is 0 Å². The first-order valence-corrected chi connectivity index (χ1v) is 24.7. The Kier molecular flexibility index (Phi) is 8.71. The van der Waals surface area contributed by atoms with Crippen molar-refractivity contribution in [3.63, 3.8) is 0 Å². The van der Waals surface area contributed by atoms with Crippen LogP contribution < -0.4 is 4.90 Å². The third-order valence-electron chi connectivity index (χ3n) is 16.0. The van der Waals surface area contributed by atoms with Gasteiger partial charge in [0, 0.05) is 44.4 Å². The van der Waals surface area contributed by atoms with Gasteiger partial charge in [-0.05, 0) is 161 Å². The second-order valence-corrected chi connectivity index (χ2v) is 20.4. The van der Waals surface area contributed by atoms with Crippen LogP contribution in [0.5, 0.6) is 0 Å². The molecule has 2 nitrogen and oxygen atoms in total. The van der Waals surface area contributed by atoms with Gasteiger partial charge in [0.2, 0.25) is 0 Å². The molecule has 0 spiro atoms. The van der Waals surface area contributed by atoms with E-state index in [0.717, 1.165) is 22.7 Å². The number of anilines is 3. The molecule has 2 aliphatic rings. The minimum absolute atomic E-state index is 0.0797. The molecule has 11 aromatic carbocycles. The quantitative estimate of drug-likeness (QED) is 0.151. The molecule has 0 saturated carbocycles. The maximum atomic E-state index is 2.50. The number of benzene rings is 11. The Bertz CT molecular complexity index is 4000. The maximum absolute atomic E-state index is 2.50. The van der Waals surface area contributed by atoms with Crippen molar-refractivity contribution < 1.29 is 0 Å². The molecular formula is C68H50N2. The fourth-order valence-corrected chi connectivity index (χ4v) is 12.6. The molecule has 0 aliphatic heterocycles. The minimum Gasteiger partial charge on any atom is -0.310 e. The van der Waals surface area contributed by atoms with E-state index < -0.39 is 0 Å². The Morgan fingerprint density at radius 3 is 1.23 bits per heavy atom. The summed E-state index contributed by atoms with van der Waals surface area (Å²) in [6.07, 6.45) is 0. The molecule has 0 N–H and O–H groups in total. The van der Waals surface area contributed by atoms with Crippen LogP contribution in [0.2, 0.25) is 0 Å². The molecule has 14 rings (SSSR count). The van der Waals surface area contributed by atoms with Crippen LogP contribution >= 0.6 is 0 Å². The number of aromatic nitrogens is 1. The third kappa shape index (κ3) is 5.80. The van der Waals surface area contributed by atoms with Crippen LogP contribution in [0, 0.1) is 0 Å². The summed E-state index contributed by atoms with van der Waals surface area (Å²) in [5.41, 5.74) is 22.5. The van der Waals surface area contributed by atoms with E-state index in [0.29, 0.717) is 0 Å². The molecule has 0 unspecified atom stereocenters. The van der Waals surface area contributed by atoms with Gasteiger partial charge in [0.05, 0.1) is 11.0 Å². The summed E-state index contributed by atoms with van der Waals surface area (Å²) >= 11 is 0. The summed E-state index contributed by atoms with van der Waals surface area (Å²) in [6, 6.07) is 86.0. The van der Waals surface area contributed by atoms with E-state index in [1.54, 1.807) is 0 Å². The molecule has 1 aromatic heterocycles. The first-order valence-electron chi connectivity index (χ1n) is 24.7. The van der Waals surface area contributed by atoms with Crippen molar-refractivity contribution in [2.45, 2.75) is 38.5 Å². The number of fused-ring (bicyclic) bond motifs is 11. The minimum atomic E-state index is -0.250. The molecule has 2 aliphatic carbocycles. The van der Waals surface area contributed by atoms with E-state index in [9.17, 15) is 0 Å². The maximum Gasteiger partial charge on any atom is 0.0541 e. The highest BCUT2D eigenvalue weighted by Gasteiger charge is 2.38. The fraction of sp³-hybridized carbons (Fsp3) is 0.0882. The fourth-order valence-electron chi connectivity index (χ4n) is 12.6. The molecule has 0 fully saturated rings. The lowest BCUT2D eigenvalue weighted by molar-refractivity contribution is 0.660. The molecule has 0 saturated heterocycles. The zero-order valence-corrected chi connectivity index (χ0v) is 39.8. The summed E-state index contributed by atoms with van der Waals surface area (Å²) < 4.78 is 2.39. The lowest BCUT2D eigenvalue weighted by Gasteiger charge is -2.28. The van der Waals surface area contributed by atoms with Crippen molar-refractivity contribution in [2.75, 3.05) is 4.90 Å². The molecule has 70 heavy (non-hydrogen) atoms. The number of rotatable bonds is 6. The zero-order chi connectivity index (χ0) is 46.9. The van der Waals surface area contributed by atoms with Crippen LogP contribution in [0.3, 0.4) is 0 Å². The van der Waals surface area contributed by atoms with Gasteiger partial charge in [0.25, 0.3) is 0 Å². The largest absolute Gasteiger partial charge is 0.310 e. The van der Waals surface area contributed by atoms with Crippen molar-refractivity contribution in [1.82, 2.24) is 4.57 Å². The van der Waals surface area contributed by atoms with Gasteiger partial charge >= 0.3 is 0 Å². The van der Waals surface area contributed by atoms with Gasteiger partial charge in [-0.3, -0.25) is 0 Å². The highest BCUT2D eigenvalue weighted by atomic mass is 15.1. The van der Waals surface area contributed by atoms with Crippen LogP contribution in [-0.2, 0) is 10.8 Å². The smallest absolute Gasteiger partial charge is 0.0541 e. The van der Waals surface area contributed by atoms with Crippen molar-refractivity contribution in [2.24, 2.45) is 0 Å². The molecule has 1 heterocycles. The number of hydrogen-bond acceptors (Lipinski definition) is 1. The molecule has 0 bridgehead atoms. The Morgan fingerprint density at radius 2 is 0.686 bits per heavy atom. The summed E-state index contributed by atoms with van der Waals surface area (Å²) in [5.74, 6) is 0. The summed E-state index contributed by atoms with van der Waals surface area (Å²) in [5, 5.41) is 7.64. The zero-order valence-electron chi connectivity index (χ0n) is 39.8. The van der Waals surface area contributed by atoms with Crippen molar-refractivity contribution in [3.8, 4) is 50.2 Å². The van der Waals surface area contributed by atoms with Gasteiger partial charge in [-0.15, -0.1) is 0 Å². The molecular weight excluding hydrogens is 845 g/mol. The molecule has 12 aromatic rings. The van der Waals surface area contributed by atoms with E-state index in [2.05, 4.69) is 268 Å². The van der Waals surface area contributed by atoms with E-state index in [-0.39, 0.29) is 10.8 Å². The lowest BCUT2D eigenvalue weighted by Crippen LogP contribution is -2.16. The lowest BCUT2D eigenvalue weighted by atomic mass is 9.79. The van der Waals surface area contributed by atoms with E-state index >= 15 is 0 Å². The van der Waals surface area contributed by atoms with Crippen molar-refractivity contribution >= 4 is 60.4 Å². The molecule has 332 valence electrons. The van der Waals surface area contributed by atoms with Gasteiger partial charge in [0.1, 0.15) is 0 Å². The normalized spacial score (nSPS) is 13.9. The SMILES string of the molecule is CC1(C)c2ccccc2-c2ccc(-c3c4ccccc4c(-c4ccc5c(c4)C(C)(C)c4cc(N(c6ccccc6)c6ccc(-n7c8ccccc8c8ccccc87)cc6)ccc4-5)c4ccccc34)cc21. The number of nitrogens with zero attached hydrogens (tertiary/aromatic N) is 2. The molecule has 0 atom stereocenters. The first kappa shape index (κ1) is 40.6. The second-order valence-electron chi connectivity index (χ2n) is 20.4. The highest BCUT2D eigenvalue weighted by Crippen LogP contribution is 2.54. The van der Waals surface area contributed by atoms with Crippen LogP contribution in [0.25, 0.3) is 93.5 Å². The van der Waals surface area contributed by atoms with Gasteiger partial charge in [-0.25, -0.2) is 0 Å². The van der Waals surface area contributed by atoms with E-state index in [1.165, 1.54) is 110 Å². The Morgan fingerprint density at radius 1 is 0.300 bits per heavy atom. The monoisotopic (exact) mass is 894 g/mol. The van der Waals surface area contributed by atoms with Gasteiger partial charge in [0.15, 0.2) is 0 Å². The van der Waals surface area contributed by atoms with Gasteiger partial charge in [-0.1, -0.05) is 185 Å². The van der Waals surface area contributed by atoms with Crippen LogP contribution in [0.4, 0.5) is 17.1 Å². The van der Waals surface area contributed by atoms with Crippen LogP contribution in [0.1, 0.15) is 49.9 Å². The van der Waals surface area contributed by atoms with E-state index in [1.807, 2.05) is 0 Å².